The predicted molar refractivity (Wildman–Crippen MR) is 81.1 cm³/mol. The minimum atomic E-state index is -0.0180. The summed E-state index contributed by atoms with van der Waals surface area (Å²) in [5, 5.41) is 3.50. The van der Waals surface area contributed by atoms with Crippen molar-refractivity contribution in [3.05, 3.63) is 45.4 Å². The van der Waals surface area contributed by atoms with Gasteiger partial charge in [0.05, 0.1) is 11.1 Å². The molecule has 0 heterocycles. The van der Waals surface area contributed by atoms with Crippen molar-refractivity contribution < 1.29 is 4.74 Å². The van der Waals surface area contributed by atoms with Crippen molar-refractivity contribution in [1.82, 2.24) is 5.32 Å². The summed E-state index contributed by atoms with van der Waals surface area (Å²) in [5.74, 6) is 0. The average molecular weight is 325 g/mol. The first-order valence-electron chi connectivity index (χ1n) is 5.18. The molecule has 1 atom stereocenters. The fraction of sp³-hybridized carbons (Fsp3) is 0.250. The molecule has 0 spiro atoms. The second kappa shape index (κ2) is 7.85. The maximum atomic E-state index is 5.72. The highest BCUT2D eigenvalue weighted by atomic mass is 35.5. The number of benzene rings is 1. The third-order valence-electron chi connectivity index (χ3n) is 2.17. The summed E-state index contributed by atoms with van der Waals surface area (Å²) in [5.41, 5.74) is 1.11. The van der Waals surface area contributed by atoms with Crippen LogP contribution in [0.1, 0.15) is 18.5 Å². The highest BCUT2D eigenvalue weighted by Gasteiger charge is 2.08. The molecule has 1 N–H and O–H groups in total. The van der Waals surface area contributed by atoms with E-state index in [4.69, 9.17) is 51.8 Å². The number of rotatable bonds is 4. The van der Waals surface area contributed by atoms with Crippen molar-refractivity contribution >= 4 is 52.2 Å². The maximum Gasteiger partial charge on any atom is 0.257 e. The lowest BCUT2D eigenvalue weighted by molar-refractivity contribution is 0.333. The van der Waals surface area contributed by atoms with E-state index in [0.717, 1.165) is 5.56 Å². The van der Waals surface area contributed by atoms with E-state index in [2.05, 4.69) is 5.32 Å². The SMILES string of the molecule is CC(NC(=S)OCC(Cl)=C(Cl)Cl)c1ccccc1. The molecule has 0 aliphatic carbocycles. The molecule has 0 aliphatic heterocycles. The van der Waals surface area contributed by atoms with Gasteiger partial charge < -0.3 is 10.1 Å². The standard InChI is InChI=1S/C12H12Cl3NOS/c1-8(9-5-3-2-4-6-9)16-12(18)17-7-10(13)11(14)15/h2-6,8H,7H2,1H3,(H,16,18). The van der Waals surface area contributed by atoms with E-state index in [1.54, 1.807) is 0 Å². The summed E-state index contributed by atoms with van der Waals surface area (Å²) < 4.78 is 5.20. The Hall–Kier alpha value is -0.480. The Kier molecular flexibility index (Phi) is 6.79. The van der Waals surface area contributed by atoms with Crippen LogP contribution in [0.5, 0.6) is 0 Å². The predicted octanol–water partition coefficient (Wildman–Crippen LogP) is 4.52. The van der Waals surface area contributed by atoms with E-state index >= 15 is 0 Å². The lowest BCUT2D eigenvalue weighted by atomic mass is 10.1. The minimum Gasteiger partial charge on any atom is -0.465 e. The first kappa shape index (κ1) is 15.6. The summed E-state index contributed by atoms with van der Waals surface area (Å²) in [6.07, 6.45) is 0. The van der Waals surface area contributed by atoms with E-state index in [-0.39, 0.29) is 27.3 Å². The Morgan fingerprint density at radius 1 is 1.28 bits per heavy atom. The molecule has 98 valence electrons. The summed E-state index contributed by atoms with van der Waals surface area (Å²) in [6.45, 7) is 2.04. The molecule has 1 aromatic rings. The van der Waals surface area contributed by atoms with Crippen LogP contribution in [0, 0.1) is 0 Å². The molecule has 6 heteroatoms. The van der Waals surface area contributed by atoms with Crippen LogP contribution < -0.4 is 5.32 Å². The largest absolute Gasteiger partial charge is 0.465 e. The summed E-state index contributed by atoms with van der Waals surface area (Å²) in [4.78, 5) is 0. The Morgan fingerprint density at radius 3 is 2.44 bits per heavy atom. The molecule has 1 unspecified atom stereocenters. The van der Waals surface area contributed by atoms with Crippen molar-refractivity contribution in [3.63, 3.8) is 0 Å². The second-order valence-electron chi connectivity index (χ2n) is 3.52. The number of hydrogen-bond donors (Lipinski definition) is 1. The highest BCUT2D eigenvalue weighted by Crippen LogP contribution is 2.18. The Balaban J connectivity index is 2.44. The molecule has 0 aromatic heterocycles. The fourth-order valence-corrected chi connectivity index (χ4v) is 1.63. The van der Waals surface area contributed by atoms with Crippen LogP contribution >= 0.6 is 47.0 Å². The van der Waals surface area contributed by atoms with E-state index in [0.29, 0.717) is 0 Å². The Labute approximate surface area is 127 Å². The zero-order valence-corrected chi connectivity index (χ0v) is 12.7. The summed E-state index contributed by atoms with van der Waals surface area (Å²) >= 11 is 21.7. The molecular formula is C12H12Cl3NOS. The zero-order valence-electron chi connectivity index (χ0n) is 9.62. The van der Waals surface area contributed by atoms with Crippen LogP contribution in [0.15, 0.2) is 39.9 Å². The third-order valence-corrected chi connectivity index (χ3v) is 3.35. The molecule has 0 radical (unpaired) electrons. The molecule has 0 aliphatic rings. The van der Waals surface area contributed by atoms with Crippen molar-refractivity contribution in [2.24, 2.45) is 0 Å². The number of ether oxygens (including phenoxy) is 1. The van der Waals surface area contributed by atoms with Gasteiger partial charge in [0.15, 0.2) is 0 Å². The minimum absolute atomic E-state index is 0.0180. The van der Waals surface area contributed by atoms with Gasteiger partial charge in [-0.25, -0.2) is 0 Å². The van der Waals surface area contributed by atoms with Gasteiger partial charge in [-0.2, -0.15) is 0 Å². The number of hydrogen-bond acceptors (Lipinski definition) is 2. The third kappa shape index (κ3) is 5.44. The molecule has 0 bridgehead atoms. The smallest absolute Gasteiger partial charge is 0.257 e. The van der Waals surface area contributed by atoms with Crippen molar-refractivity contribution in [1.29, 1.82) is 0 Å². The van der Waals surface area contributed by atoms with Crippen LogP contribution in [-0.2, 0) is 4.74 Å². The maximum absolute atomic E-state index is 5.72. The number of halogens is 3. The van der Waals surface area contributed by atoms with Crippen molar-refractivity contribution in [2.45, 2.75) is 13.0 Å². The van der Waals surface area contributed by atoms with Crippen LogP contribution in [0.4, 0.5) is 0 Å². The van der Waals surface area contributed by atoms with Crippen molar-refractivity contribution in [2.75, 3.05) is 6.61 Å². The normalized spacial score (nSPS) is 11.6. The van der Waals surface area contributed by atoms with Crippen LogP contribution in [0.3, 0.4) is 0 Å². The molecule has 1 aromatic carbocycles. The zero-order chi connectivity index (χ0) is 13.5. The monoisotopic (exact) mass is 323 g/mol. The summed E-state index contributed by atoms with van der Waals surface area (Å²) in [7, 11) is 0. The van der Waals surface area contributed by atoms with E-state index in [1.165, 1.54) is 0 Å². The van der Waals surface area contributed by atoms with Crippen LogP contribution in [0.2, 0.25) is 0 Å². The van der Waals surface area contributed by atoms with Gasteiger partial charge >= 0.3 is 0 Å². The average Bonchev–Trinajstić information content (AvgIpc) is 2.36. The second-order valence-corrected chi connectivity index (χ2v) is 5.29. The fourth-order valence-electron chi connectivity index (χ4n) is 1.23. The molecule has 18 heavy (non-hydrogen) atoms. The first-order chi connectivity index (χ1) is 8.50. The number of nitrogens with one attached hydrogen (secondary N) is 1. The lowest BCUT2D eigenvalue weighted by Crippen LogP contribution is -2.27. The Morgan fingerprint density at radius 2 is 1.89 bits per heavy atom. The Bertz CT molecular complexity index is 432. The van der Waals surface area contributed by atoms with Gasteiger partial charge in [0.1, 0.15) is 11.1 Å². The van der Waals surface area contributed by atoms with E-state index in [9.17, 15) is 0 Å². The molecule has 2 nitrogen and oxygen atoms in total. The number of thiocarbonyl (C=S) groups is 1. The quantitative estimate of drug-likeness (QED) is 0.823. The van der Waals surface area contributed by atoms with Crippen LogP contribution in [0.25, 0.3) is 0 Å². The van der Waals surface area contributed by atoms with E-state index < -0.39 is 0 Å². The molecular weight excluding hydrogens is 313 g/mol. The van der Waals surface area contributed by atoms with Gasteiger partial charge in [-0.05, 0) is 24.7 Å². The summed E-state index contributed by atoms with van der Waals surface area (Å²) in [6, 6.07) is 9.94. The molecule has 1 rings (SSSR count). The molecule has 0 saturated carbocycles. The van der Waals surface area contributed by atoms with Gasteiger partial charge in [0, 0.05) is 0 Å². The first-order valence-corrected chi connectivity index (χ1v) is 6.72. The highest BCUT2D eigenvalue weighted by molar-refractivity contribution is 7.80. The van der Waals surface area contributed by atoms with E-state index in [1.807, 2.05) is 37.3 Å². The van der Waals surface area contributed by atoms with Gasteiger partial charge in [-0.1, -0.05) is 65.1 Å². The molecule has 0 amide bonds. The topological polar surface area (TPSA) is 21.3 Å². The van der Waals surface area contributed by atoms with Gasteiger partial charge in [-0.15, -0.1) is 0 Å². The van der Waals surface area contributed by atoms with Gasteiger partial charge in [0.2, 0.25) is 0 Å². The molecule has 0 saturated heterocycles. The lowest BCUT2D eigenvalue weighted by Gasteiger charge is -2.16. The van der Waals surface area contributed by atoms with Crippen LogP contribution in [-0.4, -0.2) is 11.8 Å². The molecule has 0 fully saturated rings. The van der Waals surface area contributed by atoms with Crippen molar-refractivity contribution in [3.8, 4) is 0 Å². The van der Waals surface area contributed by atoms with Gasteiger partial charge in [0.25, 0.3) is 5.17 Å². The van der Waals surface area contributed by atoms with Gasteiger partial charge in [-0.3, -0.25) is 0 Å².